The summed E-state index contributed by atoms with van der Waals surface area (Å²) in [6.45, 7) is 1.94. The molecule has 1 fully saturated rings. The molecule has 1 aliphatic rings. The Hall–Kier alpha value is -1.88. The van der Waals surface area contributed by atoms with Crippen molar-refractivity contribution in [2.45, 2.75) is 13.0 Å². The first-order valence-corrected chi connectivity index (χ1v) is 6.50. The van der Waals surface area contributed by atoms with Gasteiger partial charge in [0.15, 0.2) is 0 Å². The molecule has 102 valence electrons. The lowest BCUT2D eigenvalue weighted by Gasteiger charge is -2.16. The highest BCUT2D eigenvalue weighted by Crippen LogP contribution is 2.20. The number of nitrogens with one attached hydrogen (secondary N) is 1. The molecule has 19 heavy (non-hydrogen) atoms. The SMILES string of the molecule is NCCNC(=O)[C@H]1CC(=O)N(Cc2ccccc2)C1. The second-order valence-corrected chi connectivity index (χ2v) is 4.74. The zero-order valence-electron chi connectivity index (χ0n) is 10.8. The topological polar surface area (TPSA) is 75.4 Å². The Balaban J connectivity index is 1.91. The van der Waals surface area contributed by atoms with Crippen molar-refractivity contribution in [3.63, 3.8) is 0 Å². The third kappa shape index (κ3) is 3.54. The molecule has 5 nitrogen and oxygen atoms in total. The predicted molar refractivity (Wildman–Crippen MR) is 72.0 cm³/mol. The zero-order chi connectivity index (χ0) is 13.7. The molecule has 0 aromatic heterocycles. The van der Waals surface area contributed by atoms with Gasteiger partial charge in [-0.2, -0.15) is 0 Å². The van der Waals surface area contributed by atoms with Crippen LogP contribution in [0.3, 0.4) is 0 Å². The fourth-order valence-corrected chi connectivity index (χ4v) is 2.24. The fourth-order valence-electron chi connectivity index (χ4n) is 2.24. The van der Waals surface area contributed by atoms with Crippen LogP contribution in [0.15, 0.2) is 30.3 Å². The summed E-state index contributed by atoms with van der Waals surface area (Å²) in [6, 6.07) is 9.80. The predicted octanol–water partition coefficient (Wildman–Crippen LogP) is 0.110. The van der Waals surface area contributed by atoms with Gasteiger partial charge >= 0.3 is 0 Å². The van der Waals surface area contributed by atoms with Crippen molar-refractivity contribution in [2.24, 2.45) is 11.7 Å². The summed E-state index contributed by atoms with van der Waals surface area (Å²) < 4.78 is 0. The van der Waals surface area contributed by atoms with Gasteiger partial charge in [-0.1, -0.05) is 30.3 Å². The molecule has 0 unspecified atom stereocenters. The molecule has 0 radical (unpaired) electrons. The number of carbonyl (C=O) groups is 2. The molecule has 0 saturated carbocycles. The molecule has 0 spiro atoms. The number of hydrogen-bond donors (Lipinski definition) is 2. The van der Waals surface area contributed by atoms with Gasteiger partial charge in [0.25, 0.3) is 0 Å². The van der Waals surface area contributed by atoms with Crippen LogP contribution in [-0.4, -0.2) is 36.3 Å². The molecular weight excluding hydrogens is 242 g/mol. The average molecular weight is 261 g/mol. The Morgan fingerprint density at radius 2 is 2.11 bits per heavy atom. The summed E-state index contributed by atoms with van der Waals surface area (Å²) in [5, 5.41) is 2.74. The summed E-state index contributed by atoms with van der Waals surface area (Å²) in [7, 11) is 0. The quantitative estimate of drug-likeness (QED) is 0.790. The van der Waals surface area contributed by atoms with Gasteiger partial charge in [0.2, 0.25) is 11.8 Å². The lowest BCUT2D eigenvalue weighted by Crippen LogP contribution is -2.35. The molecule has 2 rings (SSSR count). The minimum Gasteiger partial charge on any atom is -0.355 e. The Morgan fingerprint density at radius 1 is 1.37 bits per heavy atom. The van der Waals surface area contributed by atoms with E-state index in [0.717, 1.165) is 5.56 Å². The van der Waals surface area contributed by atoms with E-state index in [1.807, 2.05) is 30.3 Å². The monoisotopic (exact) mass is 261 g/mol. The molecule has 0 bridgehead atoms. The molecule has 1 aliphatic heterocycles. The third-order valence-electron chi connectivity index (χ3n) is 3.25. The van der Waals surface area contributed by atoms with Crippen molar-refractivity contribution >= 4 is 11.8 Å². The Morgan fingerprint density at radius 3 is 2.79 bits per heavy atom. The van der Waals surface area contributed by atoms with E-state index in [0.29, 0.717) is 32.6 Å². The number of carbonyl (C=O) groups excluding carboxylic acids is 2. The van der Waals surface area contributed by atoms with Crippen LogP contribution in [0.1, 0.15) is 12.0 Å². The lowest BCUT2D eigenvalue weighted by molar-refractivity contribution is -0.129. The first-order valence-electron chi connectivity index (χ1n) is 6.50. The standard InChI is InChI=1S/C14H19N3O2/c15-6-7-16-14(19)12-8-13(18)17(10-12)9-11-4-2-1-3-5-11/h1-5,12H,6-10,15H2,(H,16,19)/t12-/m0/s1. The van der Waals surface area contributed by atoms with Crippen LogP contribution < -0.4 is 11.1 Å². The summed E-state index contributed by atoms with van der Waals surface area (Å²) in [5.74, 6) is -0.283. The summed E-state index contributed by atoms with van der Waals surface area (Å²) in [6.07, 6.45) is 0.295. The zero-order valence-corrected chi connectivity index (χ0v) is 10.8. The first-order chi connectivity index (χ1) is 9.20. The smallest absolute Gasteiger partial charge is 0.225 e. The minimum atomic E-state index is -0.247. The highest BCUT2D eigenvalue weighted by atomic mass is 16.2. The van der Waals surface area contributed by atoms with E-state index in [1.54, 1.807) is 4.90 Å². The maximum Gasteiger partial charge on any atom is 0.225 e. The third-order valence-corrected chi connectivity index (χ3v) is 3.25. The van der Waals surface area contributed by atoms with Crippen LogP contribution in [-0.2, 0) is 16.1 Å². The number of hydrogen-bond acceptors (Lipinski definition) is 3. The normalized spacial score (nSPS) is 18.7. The van der Waals surface area contributed by atoms with Gasteiger partial charge in [0.1, 0.15) is 0 Å². The van der Waals surface area contributed by atoms with Crippen molar-refractivity contribution in [3.05, 3.63) is 35.9 Å². The van der Waals surface area contributed by atoms with Crippen molar-refractivity contribution in [2.75, 3.05) is 19.6 Å². The largest absolute Gasteiger partial charge is 0.355 e. The molecule has 1 aromatic rings. The Bertz CT molecular complexity index is 447. The molecule has 3 N–H and O–H groups in total. The highest BCUT2D eigenvalue weighted by molar-refractivity contribution is 5.89. The summed E-state index contributed by atoms with van der Waals surface area (Å²) in [4.78, 5) is 25.4. The summed E-state index contributed by atoms with van der Waals surface area (Å²) >= 11 is 0. The van der Waals surface area contributed by atoms with Gasteiger partial charge in [-0.05, 0) is 5.56 Å². The number of benzene rings is 1. The van der Waals surface area contributed by atoms with E-state index in [2.05, 4.69) is 5.32 Å². The Labute approximate surface area is 112 Å². The van der Waals surface area contributed by atoms with E-state index >= 15 is 0 Å². The van der Waals surface area contributed by atoms with Gasteiger partial charge in [-0.15, -0.1) is 0 Å². The van der Waals surface area contributed by atoms with Crippen LogP contribution in [0.25, 0.3) is 0 Å². The average Bonchev–Trinajstić information content (AvgIpc) is 2.79. The van der Waals surface area contributed by atoms with Crippen molar-refractivity contribution in [3.8, 4) is 0 Å². The van der Waals surface area contributed by atoms with Gasteiger partial charge in [0.05, 0.1) is 5.92 Å². The van der Waals surface area contributed by atoms with Crippen molar-refractivity contribution in [1.82, 2.24) is 10.2 Å². The van der Waals surface area contributed by atoms with Gasteiger partial charge < -0.3 is 16.0 Å². The highest BCUT2D eigenvalue weighted by Gasteiger charge is 2.33. The maximum atomic E-state index is 11.9. The van der Waals surface area contributed by atoms with Crippen LogP contribution in [0, 0.1) is 5.92 Å². The number of likely N-dealkylation sites (tertiary alicyclic amines) is 1. The van der Waals surface area contributed by atoms with Gasteiger partial charge in [-0.25, -0.2) is 0 Å². The van der Waals surface area contributed by atoms with Gasteiger partial charge in [0, 0.05) is 32.6 Å². The van der Waals surface area contributed by atoms with Crippen LogP contribution >= 0.6 is 0 Å². The number of amides is 2. The molecule has 1 aromatic carbocycles. The molecule has 1 heterocycles. The number of nitrogens with zero attached hydrogens (tertiary/aromatic N) is 1. The lowest BCUT2D eigenvalue weighted by atomic mass is 10.1. The van der Waals surface area contributed by atoms with E-state index in [1.165, 1.54) is 0 Å². The molecular formula is C14H19N3O2. The van der Waals surface area contributed by atoms with Crippen LogP contribution in [0.5, 0.6) is 0 Å². The van der Waals surface area contributed by atoms with Gasteiger partial charge in [-0.3, -0.25) is 9.59 Å². The van der Waals surface area contributed by atoms with E-state index in [9.17, 15) is 9.59 Å². The second kappa shape index (κ2) is 6.33. The number of rotatable bonds is 5. The first kappa shape index (κ1) is 13.5. The molecule has 5 heteroatoms. The van der Waals surface area contributed by atoms with Crippen LogP contribution in [0.2, 0.25) is 0 Å². The Kier molecular flexibility index (Phi) is 4.52. The maximum absolute atomic E-state index is 11.9. The molecule has 1 saturated heterocycles. The second-order valence-electron chi connectivity index (χ2n) is 4.74. The minimum absolute atomic E-state index is 0.0387. The number of nitrogens with two attached hydrogens (primary N) is 1. The van der Waals surface area contributed by atoms with Crippen LogP contribution in [0.4, 0.5) is 0 Å². The molecule has 2 amide bonds. The van der Waals surface area contributed by atoms with E-state index in [-0.39, 0.29) is 17.7 Å². The summed E-state index contributed by atoms with van der Waals surface area (Å²) in [5.41, 5.74) is 6.42. The van der Waals surface area contributed by atoms with Crippen molar-refractivity contribution in [1.29, 1.82) is 0 Å². The van der Waals surface area contributed by atoms with E-state index in [4.69, 9.17) is 5.73 Å². The molecule has 1 atom stereocenters. The van der Waals surface area contributed by atoms with E-state index < -0.39 is 0 Å². The fraction of sp³-hybridized carbons (Fsp3) is 0.429. The molecule has 0 aliphatic carbocycles. The van der Waals surface area contributed by atoms with Crippen molar-refractivity contribution < 1.29 is 9.59 Å².